The van der Waals surface area contributed by atoms with Gasteiger partial charge in [-0.15, -0.1) is 0 Å². The number of hydrogen-bond donors (Lipinski definition) is 1. The van der Waals surface area contributed by atoms with E-state index in [4.69, 9.17) is 0 Å². The first-order valence-corrected chi connectivity index (χ1v) is 6.61. The van der Waals surface area contributed by atoms with E-state index < -0.39 is 11.7 Å². The molecule has 0 fully saturated rings. The Balaban J connectivity index is 2.70. The molecule has 1 rings (SSSR count). The average molecular weight is 288 g/mol. The summed E-state index contributed by atoms with van der Waals surface area (Å²) in [4.78, 5) is 13.6. The van der Waals surface area contributed by atoms with Crippen LogP contribution >= 0.6 is 0 Å². The zero-order valence-corrected chi connectivity index (χ0v) is 11.6. The summed E-state index contributed by atoms with van der Waals surface area (Å²) in [6.45, 7) is 5.18. The molecule has 6 heteroatoms. The summed E-state index contributed by atoms with van der Waals surface area (Å²) in [5.74, 6) is 0. The van der Waals surface area contributed by atoms with E-state index >= 15 is 0 Å². The predicted molar refractivity (Wildman–Crippen MR) is 72.6 cm³/mol. The number of urea groups is 1. The van der Waals surface area contributed by atoms with Gasteiger partial charge in [-0.1, -0.05) is 13.8 Å². The van der Waals surface area contributed by atoms with Gasteiger partial charge in [-0.05, 0) is 37.1 Å². The zero-order chi connectivity index (χ0) is 15.2. The lowest BCUT2D eigenvalue weighted by atomic mass is 10.2. The second kappa shape index (κ2) is 7.17. The third-order valence-corrected chi connectivity index (χ3v) is 2.74. The Morgan fingerprint density at radius 3 is 2.00 bits per heavy atom. The Kier molecular flexibility index (Phi) is 5.85. The van der Waals surface area contributed by atoms with Crippen molar-refractivity contribution in [1.29, 1.82) is 0 Å². The van der Waals surface area contributed by atoms with Gasteiger partial charge in [-0.25, -0.2) is 4.79 Å². The lowest BCUT2D eigenvalue weighted by molar-refractivity contribution is -0.137. The van der Waals surface area contributed by atoms with Crippen LogP contribution in [0, 0.1) is 0 Å². The van der Waals surface area contributed by atoms with Gasteiger partial charge in [0.15, 0.2) is 0 Å². The van der Waals surface area contributed by atoms with Crippen molar-refractivity contribution in [1.82, 2.24) is 4.90 Å². The van der Waals surface area contributed by atoms with Crippen LogP contribution in [0.15, 0.2) is 24.3 Å². The fourth-order valence-corrected chi connectivity index (χ4v) is 1.80. The van der Waals surface area contributed by atoms with Gasteiger partial charge in [0.1, 0.15) is 0 Å². The van der Waals surface area contributed by atoms with E-state index in [-0.39, 0.29) is 6.03 Å². The maximum absolute atomic E-state index is 12.4. The molecule has 0 radical (unpaired) electrons. The van der Waals surface area contributed by atoms with Gasteiger partial charge in [-0.3, -0.25) is 0 Å². The molecule has 0 saturated heterocycles. The number of alkyl halides is 3. The first-order chi connectivity index (χ1) is 9.38. The van der Waals surface area contributed by atoms with Crippen LogP contribution in [0.4, 0.5) is 23.7 Å². The molecule has 1 N–H and O–H groups in total. The van der Waals surface area contributed by atoms with Crippen molar-refractivity contribution in [3.05, 3.63) is 29.8 Å². The van der Waals surface area contributed by atoms with Crippen LogP contribution in [0.1, 0.15) is 32.3 Å². The molecule has 0 atom stereocenters. The highest BCUT2D eigenvalue weighted by Gasteiger charge is 2.30. The number of benzene rings is 1. The largest absolute Gasteiger partial charge is 0.416 e. The van der Waals surface area contributed by atoms with Crippen LogP contribution in [-0.4, -0.2) is 24.0 Å². The van der Waals surface area contributed by atoms with Crippen molar-refractivity contribution in [2.45, 2.75) is 32.9 Å². The molecule has 0 aliphatic carbocycles. The Morgan fingerprint density at radius 2 is 1.60 bits per heavy atom. The second-order valence-corrected chi connectivity index (χ2v) is 4.49. The van der Waals surface area contributed by atoms with Crippen LogP contribution in [0.25, 0.3) is 0 Å². The van der Waals surface area contributed by atoms with Crippen molar-refractivity contribution >= 4 is 11.7 Å². The molecule has 1 aromatic rings. The average Bonchev–Trinajstić information content (AvgIpc) is 2.38. The summed E-state index contributed by atoms with van der Waals surface area (Å²) >= 11 is 0. The Labute approximate surface area is 116 Å². The Hall–Kier alpha value is -1.72. The molecule has 0 saturated carbocycles. The van der Waals surface area contributed by atoms with Crippen LogP contribution in [0.5, 0.6) is 0 Å². The lowest BCUT2D eigenvalue weighted by Gasteiger charge is -2.22. The Morgan fingerprint density at radius 1 is 1.10 bits per heavy atom. The van der Waals surface area contributed by atoms with Crippen molar-refractivity contribution in [3.8, 4) is 0 Å². The van der Waals surface area contributed by atoms with Gasteiger partial charge >= 0.3 is 12.2 Å². The van der Waals surface area contributed by atoms with Gasteiger partial charge < -0.3 is 10.2 Å². The second-order valence-electron chi connectivity index (χ2n) is 4.49. The summed E-state index contributed by atoms with van der Waals surface area (Å²) in [6.07, 6.45) is -2.69. The number of nitrogens with one attached hydrogen (secondary N) is 1. The normalized spacial score (nSPS) is 11.2. The van der Waals surface area contributed by atoms with Crippen LogP contribution < -0.4 is 5.32 Å². The summed E-state index contributed by atoms with van der Waals surface area (Å²) in [7, 11) is 0. The maximum Gasteiger partial charge on any atom is 0.416 e. The molecule has 3 nitrogen and oxygen atoms in total. The van der Waals surface area contributed by atoms with Gasteiger partial charge in [0, 0.05) is 18.8 Å². The van der Waals surface area contributed by atoms with E-state index in [0.29, 0.717) is 18.8 Å². The minimum atomic E-state index is -4.36. The molecule has 112 valence electrons. The highest BCUT2D eigenvalue weighted by Crippen LogP contribution is 2.29. The lowest BCUT2D eigenvalue weighted by Crippen LogP contribution is -2.36. The topological polar surface area (TPSA) is 32.3 Å². The third-order valence-electron chi connectivity index (χ3n) is 2.74. The molecule has 0 unspecified atom stereocenters. The van der Waals surface area contributed by atoms with Gasteiger partial charge in [0.2, 0.25) is 0 Å². The molecule has 2 amide bonds. The number of rotatable bonds is 5. The predicted octanol–water partition coefficient (Wildman–Crippen LogP) is 4.36. The van der Waals surface area contributed by atoms with E-state index in [9.17, 15) is 18.0 Å². The van der Waals surface area contributed by atoms with Crippen molar-refractivity contribution in [3.63, 3.8) is 0 Å². The third kappa shape index (κ3) is 4.75. The number of nitrogens with zero attached hydrogens (tertiary/aromatic N) is 1. The number of carbonyl (C=O) groups is 1. The number of carbonyl (C=O) groups excluding carboxylic acids is 1. The van der Waals surface area contributed by atoms with E-state index in [1.807, 2.05) is 13.8 Å². The fourth-order valence-electron chi connectivity index (χ4n) is 1.80. The molecule has 0 heterocycles. The maximum atomic E-state index is 12.4. The van der Waals surface area contributed by atoms with Gasteiger partial charge in [0.05, 0.1) is 5.56 Å². The van der Waals surface area contributed by atoms with Gasteiger partial charge in [-0.2, -0.15) is 13.2 Å². The number of amides is 2. The highest BCUT2D eigenvalue weighted by molar-refractivity contribution is 5.89. The van der Waals surface area contributed by atoms with E-state index in [0.717, 1.165) is 25.0 Å². The van der Waals surface area contributed by atoms with E-state index in [1.165, 1.54) is 12.1 Å². The molecule has 0 spiro atoms. The summed E-state index contributed by atoms with van der Waals surface area (Å²) < 4.78 is 37.2. The minimum Gasteiger partial charge on any atom is -0.325 e. The summed E-state index contributed by atoms with van der Waals surface area (Å²) in [5, 5.41) is 2.61. The SMILES string of the molecule is CCCN(CCC)C(=O)Nc1ccc(C(F)(F)F)cc1. The molecule has 0 aromatic heterocycles. The molecular formula is C14H19F3N2O. The van der Waals surface area contributed by atoms with Crippen molar-refractivity contribution in [2.24, 2.45) is 0 Å². The molecule has 0 aliphatic rings. The van der Waals surface area contributed by atoms with Gasteiger partial charge in [0.25, 0.3) is 0 Å². The van der Waals surface area contributed by atoms with E-state index in [2.05, 4.69) is 5.32 Å². The smallest absolute Gasteiger partial charge is 0.325 e. The first kappa shape index (κ1) is 16.3. The fraction of sp³-hybridized carbons (Fsp3) is 0.500. The molecule has 0 bridgehead atoms. The monoisotopic (exact) mass is 288 g/mol. The molecular weight excluding hydrogens is 269 g/mol. The van der Waals surface area contributed by atoms with Crippen molar-refractivity contribution in [2.75, 3.05) is 18.4 Å². The van der Waals surface area contributed by atoms with Crippen LogP contribution in [-0.2, 0) is 6.18 Å². The first-order valence-electron chi connectivity index (χ1n) is 6.61. The number of anilines is 1. The number of halogens is 3. The highest BCUT2D eigenvalue weighted by atomic mass is 19.4. The van der Waals surface area contributed by atoms with E-state index in [1.54, 1.807) is 4.90 Å². The minimum absolute atomic E-state index is 0.284. The number of hydrogen-bond acceptors (Lipinski definition) is 1. The summed E-state index contributed by atoms with van der Waals surface area (Å²) in [5.41, 5.74) is -0.366. The standard InChI is InChI=1S/C14H19F3N2O/c1-3-9-19(10-4-2)13(20)18-12-7-5-11(6-8-12)14(15,16)17/h5-8H,3-4,9-10H2,1-2H3,(H,18,20). The quantitative estimate of drug-likeness (QED) is 0.857. The molecule has 0 aliphatic heterocycles. The van der Waals surface area contributed by atoms with Crippen LogP contribution in [0.2, 0.25) is 0 Å². The molecule has 1 aromatic carbocycles. The van der Waals surface area contributed by atoms with Crippen LogP contribution in [0.3, 0.4) is 0 Å². The molecule has 20 heavy (non-hydrogen) atoms. The summed E-state index contributed by atoms with van der Waals surface area (Å²) in [6, 6.07) is 4.15. The Bertz CT molecular complexity index is 423. The zero-order valence-electron chi connectivity index (χ0n) is 11.6. The van der Waals surface area contributed by atoms with Crippen molar-refractivity contribution < 1.29 is 18.0 Å².